The summed E-state index contributed by atoms with van der Waals surface area (Å²) in [6, 6.07) is 7.45. The van der Waals surface area contributed by atoms with Crippen LogP contribution in [-0.4, -0.2) is 24.9 Å². The lowest BCUT2D eigenvalue weighted by atomic mass is 10.1. The number of hydrogen-bond donors (Lipinski definition) is 2. The molecule has 5 heteroatoms. The Morgan fingerprint density at radius 2 is 1.38 bits per heavy atom. The molecule has 0 aromatic heterocycles. The normalized spacial score (nSPS) is 10.4. The zero-order chi connectivity index (χ0) is 17.6. The molecule has 0 radical (unpaired) electrons. The SMILES string of the molecule is CCCCCCCCCNC(=O)C(=O)NCCc1ccc(Cl)cc1. The topological polar surface area (TPSA) is 58.2 Å². The highest BCUT2D eigenvalue weighted by Gasteiger charge is 2.11. The minimum atomic E-state index is -0.563. The molecule has 24 heavy (non-hydrogen) atoms. The molecule has 0 aliphatic carbocycles. The molecule has 1 aromatic rings. The molecule has 0 saturated heterocycles. The number of hydrogen-bond acceptors (Lipinski definition) is 2. The third kappa shape index (κ3) is 9.56. The second-order valence-electron chi connectivity index (χ2n) is 6.01. The molecule has 134 valence electrons. The molecule has 2 amide bonds. The molecule has 0 heterocycles. The van der Waals surface area contributed by atoms with Crippen LogP contribution in [-0.2, 0) is 16.0 Å². The quantitative estimate of drug-likeness (QED) is 0.469. The molecular formula is C19H29ClN2O2. The molecule has 0 unspecified atom stereocenters. The molecule has 0 aliphatic heterocycles. The van der Waals surface area contributed by atoms with E-state index in [0.29, 0.717) is 24.5 Å². The standard InChI is InChI=1S/C19H29ClN2O2/c1-2-3-4-5-6-7-8-14-21-18(23)19(24)22-15-13-16-9-11-17(20)12-10-16/h9-12H,2-8,13-15H2,1H3,(H,21,23)(H,22,24). The minimum Gasteiger partial charge on any atom is -0.348 e. The Balaban J connectivity index is 2.04. The number of carbonyl (C=O) groups excluding carboxylic acids is 2. The summed E-state index contributed by atoms with van der Waals surface area (Å²) in [7, 11) is 0. The lowest BCUT2D eigenvalue weighted by Crippen LogP contribution is -2.40. The summed E-state index contributed by atoms with van der Waals surface area (Å²) in [5.74, 6) is -1.11. The van der Waals surface area contributed by atoms with E-state index in [9.17, 15) is 9.59 Å². The fourth-order valence-electron chi connectivity index (χ4n) is 2.42. The molecule has 0 bridgehead atoms. The van der Waals surface area contributed by atoms with Crippen molar-refractivity contribution in [2.45, 2.75) is 58.3 Å². The molecule has 0 fully saturated rings. The first-order valence-electron chi connectivity index (χ1n) is 8.94. The van der Waals surface area contributed by atoms with E-state index < -0.39 is 11.8 Å². The van der Waals surface area contributed by atoms with Crippen LogP contribution in [0.3, 0.4) is 0 Å². The van der Waals surface area contributed by atoms with E-state index in [0.717, 1.165) is 18.4 Å². The zero-order valence-corrected chi connectivity index (χ0v) is 15.3. The predicted octanol–water partition coefficient (Wildman–Crippen LogP) is 3.87. The number of rotatable bonds is 11. The smallest absolute Gasteiger partial charge is 0.309 e. The Kier molecular flexibility index (Phi) is 10.9. The fourth-order valence-corrected chi connectivity index (χ4v) is 2.54. The van der Waals surface area contributed by atoms with Gasteiger partial charge in [-0.2, -0.15) is 0 Å². The Labute approximate surface area is 150 Å². The van der Waals surface area contributed by atoms with Crippen molar-refractivity contribution in [3.8, 4) is 0 Å². The van der Waals surface area contributed by atoms with Gasteiger partial charge in [-0.15, -0.1) is 0 Å². The van der Waals surface area contributed by atoms with Crippen LogP contribution in [0.15, 0.2) is 24.3 Å². The van der Waals surface area contributed by atoms with Gasteiger partial charge in [0.25, 0.3) is 0 Å². The van der Waals surface area contributed by atoms with Crippen LogP contribution in [0.4, 0.5) is 0 Å². The zero-order valence-electron chi connectivity index (χ0n) is 14.6. The monoisotopic (exact) mass is 352 g/mol. The van der Waals surface area contributed by atoms with Crippen molar-refractivity contribution >= 4 is 23.4 Å². The Bertz CT molecular complexity index is 489. The number of nitrogens with one attached hydrogen (secondary N) is 2. The molecule has 0 aliphatic rings. The summed E-state index contributed by atoms with van der Waals surface area (Å²) in [6.07, 6.45) is 9.00. The Morgan fingerprint density at radius 1 is 0.833 bits per heavy atom. The van der Waals surface area contributed by atoms with Crippen LogP contribution in [0.1, 0.15) is 57.4 Å². The van der Waals surface area contributed by atoms with Crippen molar-refractivity contribution in [2.75, 3.05) is 13.1 Å². The van der Waals surface area contributed by atoms with Gasteiger partial charge in [0.05, 0.1) is 0 Å². The second-order valence-corrected chi connectivity index (χ2v) is 6.45. The third-order valence-corrected chi connectivity index (χ3v) is 4.14. The van der Waals surface area contributed by atoms with Gasteiger partial charge in [0.1, 0.15) is 0 Å². The molecule has 1 aromatic carbocycles. The number of amides is 2. The van der Waals surface area contributed by atoms with Crippen LogP contribution in [0.2, 0.25) is 5.02 Å². The van der Waals surface area contributed by atoms with E-state index >= 15 is 0 Å². The highest BCUT2D eigenvalue weighted by molar-refractivity contribution is 6.35. The highest BCUT2D eigenvalue weighted by Crippen LogP contribution is 2.09. The molecule has 0 spiro atoms. The van der Waals surface area contributed by atoms with Crippen molar-refractivity contribution in [2.24, 2.45) is 0 Å². The average molecular weight is 353 g/mol. The fraction of sp³-hybridized carbons (Fsp3) is 0.579. The number of benzene rings is 1. The highest BCUT2D eigenvalue weighted by atomic mass is 35.5. The Hall–Kier alpha value is -1.55. The van der Waals surface area contributed by atoms with Crippen LogP contribution >= 0.6 is 11.6 Å². The van der Waals surface area contributed by atoms with Gasteiger partial charge >= 0.3 is 11.8 Å². The maximum absolute atomic E-state index is 11.7. The second kappa shape index (κ2) is 12.8. The van der Waals surface area contributed by atoms with Crippen LogP contribution in [0, 0.1) is 0 Å². The number of carbonyl (C=O) groups is 2. The van der Waals surface area contributed by atoms with Crippen molar-refractivity contribution in [3.05, 3.63) is 34.9 Å². The van der Waals surface area contributed by atoms with Crippen molar-refractivity contribution in [1.29, 1.82) is 0 Å². The van der Waals surface area contributed by atoms with Crippen molar-refractivity contribution in [1.82, 2.24) is 10.6 Å². The first kappa shape index (κ1) is 20.5. The summed E-state index contributed by atoms with van der Waals surface area (Å²) < 4.78 is 0. The van der Waals surface area contributed by atoms with Crippen molar-refractivity contribution < 1.29 is 9.59 Å². The van der Waals surface area contributed by atoms with E-state index in [4.69, 9.17) is 11.6 Å². The van der Waals surface area contributed by atoms with Gasteiger partial charge in [-0.3, -0.25) is 9.59 Å². The number of halogens is 1. The summed E-state index contributed by atoms with van der Waals surface area (Å²) in [5.41, 5.74) is 1.07. The first-order valence-corrected chi connectivity index (χ1v) is 9.31. The van der Waals surface area contributed by atoms with Gasteiger partial charge in [0.15, 0.2) is 0 Å². The maximum atomic E-state index is 11.7. The van der Waals surface area contributed by atoms with Crippen molar-refractivity contribution in [3.63, 3.8) is 0 Å². The molecule has 2 N–H and O–H groups in total. The molecule has 0 saturated carbocycles. The van der Waals surface area contributed by atoms with E-state index in [1.54, 1.807) is 0 Å². The van der Waals surface area contributed by atoms with Crippen LogP contribution < -0.4 is 10.6 Å². The summed E-state index contributed by atoms with van der Waals surface area (Å²) in [5, 5.41) is 6.00. The molecule has 4 nitrogen and oxygen atoms in total. The summed E-state index contributed by atoms with van der Waals surface area (Å²) >= 11 is 5.82. The largest absolute Gasteiger partial charge is 0.348 e. The van der Waals surface area contributed by atoms with Gasteiger partial charge in [-0.05, 0) is 30.5 Å². The van der Waals surface area contributed by atoms with Gasteiger partial charge in [-0.1, -0.05) is 69.2 Å². The van der Waals surface area contributed by atoms with E-state index in [1.165, 1.54) is 32.1 Å². The summed E-state index contributed by atoms with van der Waals surface area (Å²) in [4.78, 5) is 23.3. The summed E-state index contributed by atoms with van der Waals surface area (Å²) in [6.45, 7) is 3.21. The Morgan fingerprint density at radius 3 is 2.00 bits per heavy atom. The van der Waals surface area contributed by atoms with Gasteiger partial charge in [0, 0.05) is 18.1 Å². The molecule has 0 atom stereocenters. The van der Waals surface area contributed by atoms with Crippen LogP contribution in [0.5, 0.6) is 0 Å². The van der Waals surface area contributed by atoms with E-state index in [1.807, 2.05) is 24.3 Å². The number of unbranched alkanes of at least 4 members (excludes halogenated alkanes) is 6. The predicted molar refractivity (Wildman–Crippen MR) is 99.2 cm³/mol. The van der Waals surface area contributed by atoms with E-state index in [-0.39, 0.29) is 0 Å². The lowest BCUT2D eigenvalue weighted by Gasteiger charge is -2.07. The van der Waals surface area contributed by atoms with Gasteiger partial charge in [-0.25, -0.2) is 0 Å². The van der Waals surface area contributed by atoms with Gasteiger partial charge in [0.2, 0.25) is 0 Å². The minimum absolute atomic E-state index is 0.436. The molecule has 1 rings (SSSR count). The maximum Gasteiger partial charge on any atom is 0.309 e. The van der Waals surface area contributed by atoms with Gasteiger partial charge < -0.3 is 10.6 Å². The first-order chi connectivity index (χ1) is 11.6. The average Bonchev–Trinajstić information content (AvgIpc) is 2.58. The lowest BCUT2D eigenvalue weighted by molar-refractivity contribution is -0.139. The van der Waals surface area contributed by atoms with E-state index in [2.05, 4.69) is 17.6 Å². The molecular weight excluding hydrogens is 324 g/mol. The van der Waals surface area contributed by atoms with Crippen LogP contribution in [0.25, 0.3) is 0 Å². The third-order valence-electron chi connectivity index (χ3n) is 3.88.